The second-order valence-corrected chi connectivity index (χ2v) is 5.32. The molecule has 0 bridgehead atoms. The zero-order valence-electron chi connectivity index (χ0n) is 11.7. The molecule has 1 aliphatic heterocycles. The molecular weight excluding hydrogens is 260 g/mol. The van der Waals surface area contributed by atoms with Crippen LogP contribution < -0.4 is 0 Å². The van der Waals surface area contributed by atoms with Gasteiger partial charge in [0.15, 0.2) is 5.65 Å². The summed E-state index contributed by atoms with van der Waals surface area (Å²) in [5, 5.41) is 4.45. The minimum atomic E-state index is 0.907. The SMILES string of the molecule is C1=CCN(Cc2cnc3c(-c4ccccc4)cnn3c2)C1. The molecule has 0 saturated carbocycles. The first-order valence-electron chi connectivity index (χ1n) is 7.15. The van der Waals surface area contributed by atoms with E-state index in [1.54, 1.807) is 0 Å². The maximum Gasteiger partial charge on any atom is 0.162 e. The molecule has 1 aliphatic rings. The van der Waals surface area contributed by atoms with Gasteiger partial charge in [-0.2, -0.15) is 5.10 Å². The van der Waals surface area contributed by atoms with E-state index in [4.69, 9.17) is 0 Å². The van der Waals surface area contributed by atoms with Gasteiger partial charge < -0.3 is 0 Å². The maximum absolute atomic E-state index is 4.61. The Labute approximate surface area is 123 Å². The van der Waals surface area contributed by atoms with Crippen LogP contribution in [0.2, 0.25) is 0 Å². The van der Waals surface area contributed by atoms with E-state index in [2.05, 4.69) is 45.5 Å². The molecular formula is C17H16N4. The first kappa shape index (κ1) is 12.3. The van der Waals surface area contributed by atoms with E-state index in [-0.39, 0.29) is 0 Å². The molecule has 0 radical (unpaired) electrons. The van der Waals surface area contributed by atoms with Crippen molar-refractivity contribution in [3.05, 3.63) is 66.6 Å². The third-order valence-corrected chi connectivity index (χ3v) is 3.79. The molecule has 0 aliphatic carbocycles. The van der Waals surface area contributed by atoms with Crippen LogP contribution in [0.25, 0.3) is 16.8 Å². The lowest BCUT2D eigenvalue weighted by atomic mass is 10.1. The summed E-state index contributed by atoms with van der Waals surface area (Å²) in [5.74, 6) is 0. The minimum absolute atomic E-state index is 0.907. The second kappa shape index (κ2) is 5.14. The lowest BCUT2D eigenvalue weighted by molar-refractivity contribution is 0.344. The fourth-order valence-electron chi connectivity index (χ4n) is 2.73. The molecule has 0 N–H and O–H groups in total. The van der Waals surface area contributed by atoms with Gasteiger partial charge in [-0.25, -0.2) is 9.50 Å². The monoisotopic (exact) mass is 276 g/mol. The van der Waals surface area contributed by atoms with E-state index in [1.807, 2.05) is 35.1 Å². The van der Waals surface area contributed by atoms with Crippen LogP contribution in [0, 0.1) is 0 Å². The molecule has 104 valence electrons. The van der Waals surface area contributed by atoms with Crippen LogP contribution in [0.3, 0.4) is 0 Å². The molecule has 0 saturated heterocycles. The molecule has 4 heteroatoms. The van der Waals surface area contributed by atoms with Crippen molar-refractivity contribution < 1.29 is 0 Å². The van der Waals surface area contributed by atoms with Gasteiger partial charge in [-0.3, -0.25) is 4.90 Å². The normalized spacial score (nSPS) is 15.0. The van der Waals surface area contributed by atoms with Crippen molar-refractivity contribution in [2.24, 2.45) is 0 Å². The smallest absolute Gasteiger partial charge is 0.162 e. The Morgan fingerprint density at radius 3 is 2.62 bits per heavy atom. The van der Waals surface area contributed by atoms with Crippen LogP contribution in [-0.2, 0) is 6.54 Å². The Morgan fingerprint density at radius 1 is 1.00 bits per heavy atom. The predicted molar refractivity (Wildman–Crippen MR) is 82.8 cm³/mol. The number of benzene rings is 1. The highest BCUT2D eigenvalue weighted by Gasteiger charge is 2.11. The van der Waals surface area contributed by atoms with Gasteiger partial charge in [-0.15, -0.1) is 0 Å². The van der Waals surface area contributed by atoms with Gasteiger partial charge in [-0.1, -0.05) is 42.5 Å². The lowest BCUT2D eigenvalue weighted by Crippen LogP contribution is -2.19. The first-order valence-corrected chi connectivity index (χ1v) is 7.15. The van der Waals surface area contributed by atoms with Crippen LogP contribution in [-0.4, -0.2) is 32.6 Å². The molecule has 0 unspecified atom stereocenters. The Hall–Kier alpha value is -2.46. The molecule has 2 aromatic heterocycles. The first-order chi connectivity index (χ1) is 10.4. The van der Waals surface area contributed by atoms with Gasteiger partial charge in [0.1, 0.15) is 0 Å². The van der Waals surface area contributed by atoms with Crippen molar-refractivity contribution in [1.29, 1.82) is 0 Å². The summed E-state index contributed by atoms with van der Waals surface area (Å²) in [4.78, 5) is 6.98. The van der Waals surface area contributed by atoms with Crippen LogP contribution in [0.5, 0.6) is 0 Å². The molecule has 3 heterocycles. The molecule has 3 aromatic rings. The molecule has 0 atom stereocenters. The molecule has 4 rings (SSSR count). The van der Waals surface area contributed by atoms with E-state index in [9.17, 15) is 0 Å². The van der Waals surface area contributed by atoms with Crippen LogP contribution in [0.4, 0.5) is 0 Å². The second-order valence-electron chi connectivity index (χ2n) is 5.32. The van der Waals surface area contributed by atoms with Crippen molar-refractivity contribution >= 4 is 5.65 Å². The summed E-state index contributed by atoms with van der Waals surface area (Å²) >= 11 is 0. The van der Waals surface area contributed by atoms with Crippen LogP contribution >= 0.6 is 0 Å². The van der Waals surface area contributed by atoms with Gasteiger partial charge in [0, 0.05) is 43.2 Å². The van der Waals surface area contributed by atoms with Gasteiger partial charge >= 0.3 is 0 Å². The standard InChI is InChI=1S/C17H16N4/c1-2-6-15(7-3-1)16-11-19-21-13-14(10-18-17(16)21)12-20-8-4-5-9-20/h1-7,10-11,13H,8-9,12H2. The van der Waals surface area contributed by atoms with E-state index in [0.717, 1.165) is 36.4 Å². The summed E-state index contributed by atoms with van der Waals surface area (Å²) in [7, 11) is 0. The number of fused-ring (bicyclic) bond motifs is 1. The molecule has 0 fully saturated rings. The number of aromatic nitrogens is 3. The summed E-state index contributed by atoms with van der Waals surface area (Å²) < 4.78 is 1.88. The van der Waals surface area contributed by atoms with Crippen LogP contribution in [0.15, 0.2) is 61.1 Å². The van der Waals surface area contributed by atoms with E-state index < -0.39 is 0 Å². The third-order valence-electron chi connectivity index (χ3n) is 3.79. The lowest BCUT2D eigenvalue weighted by Gasteiger charge is -2.14. The molecule has 0 spiro atoms. The summed E-state index contributed by atoms with van der Waals surface area (Å²) in [6.45, 7) is 2.95. The average Bonchev–Trinajstić information content (AvgIpc) is 3.17. The van der Waals surface area contributed by atoms with Gasteiger partial charge in [0.25, 0.3) is 0 Å². The molecule has 0 amide bonds. The fraction of sp³-hybridized carbons (Fsp3) is 0.176. The number of nitrogens with zero attached hydrogens (tertiary/aromatic N) is 4. The minimum Gasteiger partial charge on any atom is -0.292 e. The van der Waals surface area contributed by atoms with Crippen LogP contribution in [0.1, 0.15) is 5.56 Å². The molecule has 4 nitrogen and oxygen atoms in total. The maximum atomic E-state index is 4.61. The zero-order chi connectivity index (χ0) is 14.1. The van der Waals surface area contributed by atoms with Crippen molar-refractivity contribution in [2.75, 3.05) is 13.1 Å². The molecule has 1 aromatic carbocycles. The van der Waals surface area contributed by atoms with Crippen molar-refractivity contribution in [2.45, 2.75) is 6.54 Å². The Kier molecular flexibility index (Phi) is 3.01. The third kappa shape index (κ3) is 2.34. The highest BCUT2D eigenvalue weighted by Crippen LogP contribution is 2.23. The van der Waals surface area contributed by atoms with E-state index >= 15 is 0 Å². The summed E-state index contributed by atoms with van der Waals surface area (Å²) in [5.41, 5.74) is 4.32. The number of hydrogen-bond donors (Lipinski definition) is 0. The Bertz CT molecular complexity index is 781. The van der Waals surface area contributed by atoms with E-state index in [1.165, 1.54) is 5.56 Å². The fourth-order valence-corrected chi connectivity index (χ4v) is 2.73. The van der Waals surface area contributed by atoms with E-state index in [0.29, 0.717) is 0 Å². The quantitative estimate of drug-likeness (QED) is 0.690. The highest BCUT2D eigenvalue weighted by atomic mass is 15.2. The predicted octanol–water partition coefficient (Wildman–Crippen LogP) is 2.77. The summed E-state index contributed by atoms with van der Waals surface area (Å²) in [6, 6.07) is 10.3. The van der Waals surface area contributed by atoms with Crippen molar-refractivity contribution in [1.82, 2.24) is 19.5 Å². The Balaban J connectivity index is 1.67. The van der Waals surface area contributed by atoms with Gasteiger partial charge in [-0.05, 0) is 5.56 Å². The largest absolute Gasteiger partial charge is 0.292 e. The molecule has 21 heavy (non-hydrogen) atoms. The van der Waals surface area contributed by atoms with Crippen molar-refractivity contribution in [3.8, 4) is 11.1 Å². The van der Waals surface area contributed by atoms with Crippen molar-refractivity contribution in [3.63, 3.8) is 0 Å². The Morgan fingerprint density at radius 2 is 1.81 bits per heavy atom. The van der Waals surface area contributed by atoms with Gasteiger partial charge in [0.2, 0.25) is 0 Å². The number of rotatable bonds is 3. The topological polar surface area (TPSA) is 33.4 Å². The highest BCUT2D eigenvalue weighted by molar-refractivity contribution is 5.76. The summed E-state index contributed by atoms with van der Waals surface area (Å²) in [6.07, 6.45) is 10.3. The zero-order valence-corrected chi connectivity index (χ0v) is 11.7. The van der Waals surface area contributed by atoms with Gasteiger partial charge in [0.05, 0.1) is 6.20 Å². The average molecular weight is 276 g/mol. The number of hydrogen-bond acceptors (Lipinski definition) is 3.